The van der Waals surface area contributed by atoms with E-state index in [-0.39, 0.29) is 11.7 Å². The minimum atomic E-state index is -1.49. The number of hydrogen-bond acceptors (Lipinski definition) is 3. The lowest BCUT2D eigenvalue weighted by molar-refractivity contribution is -0.113. The molecule has 0 aliphatic heterocycles. The molecule has 1 amide bonds. The molecule has 0 heterocycles. The van der Waals surface area contributed by atoms with Gasteiger partial charge in [-0.3, -0.25) is 9.00 Å². The SMILES string of the molecule is Cc1ccc(S(=O)CC(=O)Nc2ccccc2Cl)c(N)c1. The normalized spacial score (nSPS) is 11.9. The summed E-state index contributed by atoms with van der Waals surface area (Å²) in [6.07, 6.45) is 0. The maximum absolute atomic E-state index is 12.2. The van der Waals surface area contributed by atoms with Crippen LogP contribution in [0.1, 0.15) is 5.56 Å². The summed E-state index contributed by atoms with van der Waals surface area (Å²) in [6, 6.07) is 12.1. The molecular weight excluding hydrogens is 308 g/mol. The van der Waals surface area contributed by atoms with Gasteiger partial charge in [0.25, 0.3) is 0 Å². The largest absolute Gasteiger partial charge is 0.398 e. The Morgan fingerprint density at radius 1 is 1.29 bits per heavy atom. The van der Waals surface area contributed by atoms with Crippen molar-refractivity contribution in [2.24, 2.45) is 0 Å². The molecule has 110 valence electrons. The lowest BCUT2D eigenvalue weighted by Gasteiger charge is -2.08. The van der Waals surface area contributed by atoms with Gasteiger partial charge in [-0.1, -0.05) is 29.8 Å². The van der Waals surface area contributed by atoms with Crippen LogP contribution in [0.15, 0.2) is 47.4 Å². The number of nitrogens with two attached hydrogens (primary N) is 1. The zero-order valence-electron chi connectivity index (χ0n) is 11.4. The van der Waals surface area contributed by atoms with Gasteiger partial charge >= 0.3 is 0 Å². The molecule has 0 saturated heterocycles. The standard InChI is InChI=1S/C15H15ClN2O2S/c1-10-6-7-14(12(17)8-10)21(20)9-15(19)18-13-5-3-2-4-11(13)16/h2-8H,9,17H2,1H3,(H,18,19). The Balaban J connectivity index is 2.06. The van der Waals surface area contributed by atoms with E-state index >= 15 is 0 Å². The Labute approximate surface area is 130 Å². The van der Waals surface area contributed by atoms with E-state index in [1.54, 1.807) is 36.4 Å². The highest BCUT2D eigenvalue weighted by molar-refractivity contribution is 7.86. The Hall–Kier alpha value is -1.85. The lowest BCUT2D eigenvalue weighted by Crippen LogP contribution is -2.20. The van der Waals surface area contributed by atoms with E-state index in [0.717, 1.165) is 5.56 Å². The van der Waals surface area contributed by atoms with E-state index in [1.165, 1.54) is 0 Å². The Kier molecular flexibility index (Phi) is 4.98. The summed E-state index contributed by atoms with van der Waals surface area (Å²) in [5.41, 5.74) is 7.74. The first-order chi connectivity index (χ1) is 9.97. The molecule has 2 aromatic carbocycles. The van der Waals surface area contributed by atoms with Gasteiger partial charge in [-0.15, -0.1) is 0 Å². The molecule has 0 aromatic heterocycles. The predicted octanol–water partition coefficient (Wildman–Crippen LogP) is 2.98. The van der Waals surface area contributed by atoms with E-state index in [2.05, 4.69) is 5.32 Å². The molecule has 0 aliphatic rings. The average Bonchev–Trinajstić information content (AvgIpc) is 2.41. The molecule has 0 spiro atoms. The zero-order chi connectivity index (χ0) is 15.4. The van der Waals surface area contributed by atoms with Gasteiger partial charge in [0.15, 0.2) is 0 Å². The van der Waals surface area contributed by atoms with Crippen molar-refractivity contribution in [3.8, 4) is 0 Å². The third kappa shape index (κ3) is 4.06. The van der Waals surface area contributed by atoms with Crippen LogP contribution in [0.2, 0.25) is 5.02 Å². The molecule has 3 N–H and O–H groups in total. The van der Waals surface area contributed by atoms with Crippen LogP contribution in [0.4, 0.5) is 11.4 Å². The van der Waals surface area contributed by atoms with Crippen LogP contribution in [-0.2, 0) is 15.6 Å². The number of carbonyl (C=O) groups excluding carboxylic acids is 1. The van der Waals surface area contributed by atoms with Gasteiger partial charge in [-0.05, 0) is 36.8 Å². The quantitative estimate of drug-likeness (QED) is 0.850. The Morgan fingerprint density at radius 2 is 2.00 bits per heavy atom. The molecule has 0 fully saturated rings. The number of benzene rings is 2. The number of para-hydroxylation sites is 1. The fourth-order valence-corrected chi connectivity index (χ4v) is 3.01. The van der Waals surface area contributed by atoms with Gasteiger partial charge in [-0.25, -0.2) is 0 Å². The second-order valence-electron chi connectivity index (χ2n) is 4.56. The van der Waals surface area contributed by atoms with Crippen LogP contribution in [0.25, 0.3) is 0 Å². The number of amides is 1. The number of nitrogens with one attached hydrogen (secondary N) is 1. The monoisotopic (exact) mass is 322 g/mol. The molecule has 0 radical (unpaired) electrons. The van der Waals surface area contributed by atoms with Crippen LogP contribution >= 0.6 is 11.6 Å². The minimum Gasteiger partial charge on any atom is -0.398 e. The van der Waals surface area contributed by atoms with E-state index in [0.29, 0.717) is 21.3 Å². The van der Waals surface area contributed by atoms with Crippen molar-refractivity contribution in [2.75, 3.05) is 16.8 Å². The van der Waals surface area contributed by atoms with Crippen LogP contribution in [0.3, 0.4) is 0 Å². The van der Waals surface area contributed by atoms with Gasteiger partial charge in [0.2, 0.25) is 5.91 Å². The van der Waals surface area contributed by atoms with E-state index in [9.17, 15) is 9.00 Å². The summed E-state index contributed by atoms with van der Waals surface area (Å²) in [5, 5.41) is 3.07. The third-order valence-corrected chi connectivity index (χ3v) is 4.54. The molecule has 0 bridgehead atoms. The highest BCUT2D eigenvalue weighted by Gasteiger charge is 2.14. The molecular formula is C15H15ClN2O2S. The van der Waals surface area contributed by atoms with Crippen molar-refractivity contribution in [1.82, 2.24) is 0 Å². The van der Waals surface area contributed by atoms with Crippen LogP contribution in [0, 0.1) is 6.92 Å². The summed E-state index contributed by atoms with van der Waals surface area (Å²) in [7, 11) is -1.49. The second kappa shape index (κ2) is 6.74. The smallest absolute Gasteiger partial charge is 0.237 e. The number of aryl methyl sites for hydroxylation is 1. The highest BCUT2D eigenvalue weighted by atomic mass is 35.5. The Morgan fingerprint density at radius 3 is 2.67 bits per heavy atom. The number of carbonyl (C=O) groups is 1. The highest BCUT2D eigenvalue weighted by Crippen LogP contribution is 2.21. The van der Waals surface area contributed by atoms with Crippen molar-refractivity contribution < 1.29 is 9.00 Å². The van der Waals surface area contributed by atoms with Gasteiger partial charge in [0, 0.05) is 5.69 Å². The molecule has 4 nitrogen and oxygen atoms in total. The summed E-state index contributed by atoms with van der Waals surface area (Å²) in [5.74, 6) is -0.542. The molecule has 0 saturated carbocycles. The van der Waals surface area contributed by atoms with Crippen molar-refractivity contribution in [1.29, 1.82) is 0 Å². The van der Waals surface area contributed by atoms with Crippen molar-refractivity contribution >= 4 is 39.7 Å². The number of anilines is 2. The van der Waals surface area contributed by atoms with Crippen molar-refractivity contribution in [3.05, 3.63) is 53.1 Å². The van der Waals surface area contributed by atoms with Gasteiger partial charge in [0.05, 0.1) is 26.4 Å². The number of nitrogen functional groups attached to an aromatic ring is 1. The Bertz CT molecular complexity index is 704. The molecule has 1 unspecified atom stereocenters. The maximum atomic E-state index is 12.2. The van der Waals surface area contributed by atoms with Crippen molar-refractivity contribution in [3.63, 3.8) is 0 Å². The summed E-state index contributed by atoms with van der Waals surface area (Å²) >= 11 is 5.95. The first kappa shape index (κ1) is 15.5. The third-order valence-electron chi connectivity index (χ3n) is 2.82. The topological polar surface area (TPSA) is 72.2 Å². The fourth-order valence-electron chi connectivity index (χ4n) is 1.82. The molecule has 6 heteroatoms. The van der Waals surface area contributed by atoms with Gasteiger partial charge < -0.3 is 11.1 Å². The molecule has 2 aromatic rings. The van der Waals surface area contributed by atoms with E-state index in [4.69, 9.17) is 17.3 Å². The minimum absolute atomic E-state index is 0.168. The lowest BCUT2D eigenvalue weighted by atomic mass is 10.2. The first-order valence-corrected chi connectivity index (χ1v) is 7.96. The number of halogens is 1. The van der Waals surface area contributed by atoms with Crippen LogP contribution in [-0.4, -0.2) is 15.9 Å². The van der Waals surface area contributed by atoms with E-state index < -0.39 is 10.8 Å². The molecule has 0 aliphatic carbocycles. The predicted molar refractivity (Wildman–Crippen MR) is 86.9 cm³/mol. The average molecular weight is 323 g/mol. The maximum Gasteiger partial charge on any atom is 0.237 e. The van der Waals surface area contributed by atoms with Gasteiger partial charge in [0.1, 0.15) is 5.75 Å². The summed E-state index contributed by atoms with van der Waals surface area (Å²) in [4.78, 5) is 12.4. The van der Waals surface area contributed by atoms with E-state index in [1.807, 2.05) is 13.0 Å². The number of hydrogen-bond donors (Lipinski definition) is 2. The van der Waals surface area contributed by atoms with Crippen LogP contribution in [0.5, 0.6) is 0 Å². The molecule has 21 heavy (non-hydrogen) atoms. The zero-order valence-corrected chi connectivity index (χ0v) is 13.0. The second-order valence-corrected chi connectivity index (χ2v) is 6.39. The fraction of sp³-hybridized carbons (Fsp3) is 0.133. The molecule has 2 rings (SSSR count). The summed E-state index contributed by atoms with van der Waals surface area (Å²) in [6.45, 7) is 1.90. The van der Waals surface area contributed by atoms with Crippen molar-refractivity contribution in [2.45, 2.75) is 11.8 Å². The summed E-state index contributed by atoms with van der Waals surface area (Å²) < 4.78 is 12.2. The van der Waals surface area contributed by atoms with Gasteiger partial charge in [-0.2, -0.15) is 0 Å². The molecule has 1 atom stereocenters. The van der Waals surface area contributed by atoms with Crippen LogP contribution < -0.4 is 11.1 Å². The first-order valence-electron chi connectivity index (χ1n) is 6.26. The number of rotatable bonds is 4.